The molecule has 0 saturated heterocycles. The van der Waals surface area contributed by atoms with Crippen molar-refractivity contribution in [3.05, 3.63) is 23.5 Å². The van der Waals surface area contributed by atoms with Crippen LogP contribution in [0, 0.1) is 6.92 Å². The Morgan fingerprint density at radius 3 is 2.63 bits per heavy atom. The first-order valence-corrected chi connectivity index (χ1v) is 6.83. The zero-order valence-electron chi connectivity index (χ0n) is 12.7. The van der Waals surface area contributed by atoms with Gasteiger partial charge in [0.2, 0.25) is 0 Å². The summed E-state index contributed by atoms with van der Waals surface area (Å²) < 4.78 is 11.1. The minimum Gasteiger partial charge on any atom is -0.491 e. The third kappa shape index (κ3) is 6.55. The molecule has 0 bridgehead atoms. The summed E-state index contributed by atoms with van der Waals surface area (Å²) in [6, 6.07) is 1.98. The van der Waals surface area contributed by atoms with E-state index in [0.717, 1.165) is 30.2 Å². The molecule has 0 aromatic carbocycles. The Morgan fingerprint density at radius 2 is 2.00 bits per heavy atom. The molecule has 0 saturated carbocycles. The van der Waals surface area contributed by atoms with Crippen molar-refractivity contribution < 1.29 is 9.47 Å². The summed E-state index contributed by atoms with van der Waals surface area (Å²) in [7, 11) is 0. The van der Waals surface area contributed by atoms with Crippen LogP contribution in [0.4, 0.5) is 0 Å². The highest BCUT2D eigenvalue weighted by molar-refractivity contribution is 5.32. The van der Waals surface area contributed by atoms with Crippen LogP contribution in [-0.2, 0) is 11.3 Å². The predicted molar refractivity (Wildman–Crippen MR) is 77.6 cm³/mol. The molecule has 0 aliphatic carbocycles. The lowest BCUT2D eigenvalue weighted by Crippen LogP contribution is -2.35. The van der Waals surface area contributed by atoms with Crippen molar-refractivity contribution in [3.8, 4) is 5.75 Å². The number of rotatable bonds is 7. The molecule has 1 aromatic rings. The average Bonchev–Trinajstić information content (AvgIpc) is 2.32. The highest BCUT2D eigenvalue weighted by Crippen LogP contribution is 2.19. The number of nitrogens with one attached hydrogen (secondary N) is 1. The van der Waals surface area contributed by atoms with E-state index in [2.05, 4.69) is 31.1 Å². The molecule has 19 heavy (non-hydrogen) atoms. The van der Waals surface area contributed by atoms with Crippen molar-refractivity contribution in [3.63, 3.8) is 0 Å². The van der Waals surface area contributed by atoms with Crippen molar-refractivity contribution >= 4 is 0 Å². The second-order valence-corrected chi connectivity index (χ2v) is 5.58. The number of hydrogen-bond acceptors (Lipinski definition) is 4. The Kier molecular flexibility index (Phi) is 6.25. The fourth-order valence-electron chi connectivity index (χ4n) is 1.55. The van der Waals surface area contributed by atoms with E-state index in [1.807, 2.05) is 26.1 Å². The molecule has 108 valence electrons. The third-order valence-electron chi connectivity index (χ3n) is 2.58. The molecule has 4 heteroatoms. The fraction of sp³-hybridized carbons (Fsp3) is 0.667. The summed E-state index contributed by atoms with van der Waals surface area (Å²) in [6.07, 6.45) is 1.88. The monoisotopic (exact) mass is 266 g/mol. The molecule has 0 amide bonds. The van der Waals surface area contributed by atoms with E-state index in [0.29, 0.717) is 13.2 Å². The van der Waals surface area contributed by atoms with Crippen LogP contribution >= 0.6 is 0 Å². The topological polar surface area (TPSA) is 43.4 Å². The van der Waals surface area contributed by atoms with Crippen molar-refractivity contribution in [2.45, 2.75) is 46.7 Å². The SMILES string of the molecule is CCOCCOc1cc(C)ncc1CNC(C)(C)C. The zero-order chi connectivity index (χ0) is 14.3. The van der Waals surface area contributed by atoms with Crippen molar-refractivity contribution in [2.24, 2.45) is 0 Å². The summed E-state index contributed by atoms with van der Waals surface area (Å²) in [4.78, 5) is 4.33. The first-order chi connectivity index (χ1) is 8.92. The molecule has 1 aromatic heterocycles. The molecule has 0 aliphatic heterocycles. The van der Waals surface area contributed by atoms with Crippen LogP contribution in [-0.4, -0.2) is 30.3 Å². The number of ether oxygens (including phenoxy) is 2. The quantitative estimate of drug-likeness (QED) is 0.771. The lowest BCUT2D eigenvalue weighted by Gasteiger charge is -2.21. The summed E-state index contributed by atoms with van der Waals surface area (Å²) in [6.45, 7) is 13.0. The Labute approximate surface area is 116 Å². The van der Waals surface area contributed by atoms with Gasteiger partial charge in [-0.1, -0.05) is 0 Å². The van der Waals surface area contributed by atoms with Gasteiger partial charge in [0.05, 0.1) is 6.61 Å². The van der Waals surface area contributed by atoms with E-state index < -0.39 is 0 Å². The standard InChI is InChI=1S/C15H26N2O2/c1-6-18-7-8-19-14-9-12(2)16-10-13(14)11-17-15(3,4)5/h9-10,17H,6-8,11H2,1-5H3. The molecule has 0 radical (unpaired) electrons. The van der Waals surface area contributed by atoms with Crippen LogP contribution in [0.2, 0.25) is 0 Å². The lowest BCUT2D eigenvalue weighted by atomic mass is 10.1. The first-order valence-electron chi connectivity index (χ1n) is 6.83. The largest absolute Gasteiger partial charge is 0.491 e. The fourth-order valence-corrected chi connectivity index (χ4v) is 1.55. The molecule has 0 fully saturated rings. The number of hydrogen-bond donors (Lipinski definition) is 1. The maximum absolute atomic E-state index is 5.78. The van der Waals surface area contributed by atoms with Crippen LogP contribution in [0.5, 0.6) is 5.75 Å². The second kappa shape index (κ2) is 7.46. The van der Waals surface area contributed by atoms with Gasteiger partial charge in [-0.2, -0.15) is 0 Å². The maximum atomic E-state index is 5.78. The van der Waals surface area contributed by atoms with E-state index >= 15 is 0 Å². The molecular formula is C15H26N2O2. The van der Waals surface area contributed by atoms with Gasteiger partial charge in [0, 0.05) is 42.2 Å². The van der Waals surface area contributed by atoms with Crippen molar-refractivity contribution in [2.75, 3.05) is 19.8 Å². The summed E-state index contributed by atoms with van der Waals surface area (Å²) in [5.41, 5.74) is 2.12. The number of pyridine rings is 1. The van der Waals surface area contributed by atoms with Crippen LogP contribution in [0.15, 0.2) is 12.3 Å². The van der Waals surface area contributed by atoms with E-state index in [-0.39, 0.29) is 5.54 Å². The summed E-state index contributed by atoms with van der Waals surface area (Å²) >= 11 is 0. The molecular weight excluding hydrogens is 240 g/mol. The highest BCUT2D eigenvalue weighted by Gasteiger charge is 2.11. The van der Waals surface area contributed by atoms with Gasteiger partial charge in [-0.25, -0.2) is 0 Å². The van der Waals surface area contributed by atoms with Crippen LogP contribution in [0.25, 0.3) is 0 Å². The van der Waals surface area contributed by atoms with E-state index in [4.69, 9.17) is 9.47 Å². The van der Waals surface area contributed by atoms with Crippen molar-refractivity contribution in [1.29, 1.82) is 0 Å². The predicted octanol–water partition coefficient (Wildman–Crippen LogP) is 2.69. The van der Waals surface area contributed by atoms with Crippen molar-refractivity contribution in [1.82, 2.24) is 10.3 Å². The van der Waals surface area contributed by atoms with Gasteiger partial charge in [-0.15, -0.1) is 0 Å². The molecule has 0 unspecified atom stereocenters. The minimum atomic E-state index is 0.0769. The van der Waals surface area contributed by atoms with Crippen LogP contribution in [0.1, 0.15) is 39.0 Å². The molecule has 1 rings (SSSR count). The maximum Gasteiger partial charge on any atom is 0.127 e. The van der Waals surface area contributed by atoms with Gasteiger partial charge in [0.25, 0.3) is 0 Å². The normalized spacial score (nSPS) is 11.6. The van der Waals surface area contributed by atoms with Gasteiger partial charge in [-0.05, 0) is 34.6 Å². The minimum absolute atomic E-state index is 0.0769. The van der Waals surface area contributed by atoms with E-state index in [1.165, 1.54) is 0 Å². The molecule has 4 nitrogen and oxygen atoms in total. The zero-order valence-corrected chi connectivity index (χ0v) is 12.7. The van der Waals surface area contributed by atoms with Gasteiger partial charge in [0.1, 0.15) is 12.4 Å². The van der Waals surface area contributed by atoms with Gasteiger partial charge in [0.15, 0.2) is 0 Å². The number of nitrogens with zero attached hydrogens (tertiary/aromatic N) is 1. The summed E-state index contributed by atoms with van der Waals surface area (Å²) in [5.74, 6) is 0.893. The Morgan fingerprint density at radius 1 is 1.26 bits per heavy atom. The highest BCUT2D eigenvalue weighted by atomic mass is 16.5. The Bertz CT molecular complexity index is 386. The first kappa shape index (κ1) is 15.9. The van der Waals surface area contributed by atoms with Crippen LogP contribution in [0.3, 0.4) is 0 Å². The number of aryl methyl sites for hydroxylation is 1. The molecule has 0 atom stereocenters. The molecule has 1 heterocycles. The van der Waals surface area contributed by atoms with Gasteiger partial charge < -0.3 is 14.8 Å². The Hall–Kier alpha value is -1.13. The molecule has 0 spiro atoms. The van der Waals surface area contributed by atoms with E-state index in [9.17, 15) is 0 Å². The number of aromatic nitrogens is 1. The van der Waals surface area contributed by atoms with Crippen LogP contribution < -0.4 is 10.1 Å². The Balaban J connectivity index is 2.63. The smallest absolute Gasteiger partial charge is 0.127 e. The third-order valence-corrected chi connectivity index (χ3v) is 2.58. The average molecular weight is 266 g/mol. The van der Waals surface area contributed by atoms with Gasteiger partial charge in [-0.3, -0.25) is 4.98 Å². The summed E-state index contributed by atoms with van der Waals surface area (Å²) in [5, 5.41) is 3.45. The lowest BCUT2D eigenvalue weighted by molar-refractivity contribution is 0.109. The van der Waals surface area contributed by atoms with E-state index in [1.54, 1.807) is 0 Å². The second-order valence-electron chi connectivity index (χ2n) is 5.58. The van der Waals surface area contributed by atoms with Gasteiger partial charge >= 0.3 is 0 Å². The molecule has 0 aliphatic rings. The molecule has 1 N–H and O–H groups in total.